The zero-order chi connectivity index (χ0) is 11.8. The molecular formula is C13H21N3O. The van der Waals surface area contributed by atoms with Crippen LogP contribution >= 0.6 is 0 Å². The molecule has 0 bridgehead atoms. The molecule has 0 spiro atoms. The van der Waals surface area contributed by atoms with Gasteiger partial charge < -0.3 is 15.0 Å². The number of morpholine rings is 1. The van der Waals surface area contributed by atoms with E-state index in [0.717, 1.165) is 31.4 Å². The first-order valence-corrected chi connectivity index (χ1v) is 6.67. The van der Waals surface area contributed by atoms with Crippen LogP contribution in [0.2, 0.25) is 0 Å². The number of hydrogen-bond acceptors (Lipinski definition) is 3. The summed E-state index contributed by atoms with van der Waals surface area (Å²) in [7, 11) is 0. The number of hydrogen-bond donors (Lipinski definition) is 2. The lowest BCUT2D eigenvalue weighted by Crippen LogP contribution is -2.33. The highest BCUT2D eigenvalue weighted by molar-refractivity contribution is 5.26. The minimum Gasteiger partial charge on any atom is -0.368 e. The summed E-state index contributed by atoms with van der Waals surface area (Å²) >= 11 is 0. The molecule has 1 atom stereocenters. The SMILES string of the molecule is CC(C)c1nc(C2CNCCO2)[nH]c1C1CC1. The van der Waals surface area contributed by atoms with E-state index in [0.29, 0.717) is 5.92 Å². The van der Waals surface area contributed by atoms with Crippen molar-refractivity contribution in [3.8, 4) is 0 Å². The molecule has 2 fully saturated rings. The van der Waals surface area contributed by atoms with Gasteiger partial charge in [-0.2, -0.15) is 0 Å². The predicted molar refractivity (Wildman–Crippen MR) is 66.2 cm³/mol. The van der Waals surface area contributed by atoms with E-state index < -0.39 is 0 Å². The highest BCUT2D eigenvalue weighted by Gasteiger charge is 2.31. The van der Waals surface area contributed by atoms with Crippen LogP contribution in [0.1, 0.15) is 61.8 Å². The van der Waals surface area contributed by atoms with Crippen LogP contribution in [0.3, 0.4) is 0 Å². The standard InChI is InChI=1S/C13H21N3O/c1-8(2)11-12(9-3-4-9)16-13(15-11)10-7-14-5-6-17-10/h8-10,14H,3-7H2,1-2H3,(H,15,16). The lowest BCUT2D eigenvalue weighted by Gasteiger charge is -2.21. The number of aromatic nitrogens is 2. The fraction of sp³-hybridized carbons (Fsp3) is 0.769. The zero-order valence-electron chi connectivity index (χ0n) is 10.6. The molecule has 2 N–H and O–H groups in total. The van der Waals surface area contributed by atoms with Crippen molar-refractivity contribution in [3.63, 3.8) is 0 Å². The van der Waals surface area contributed by atoms with Crippen molar-refractivity contribution in [3.05, 3.63) is 17.2 Å². The largest absolute Gasteiger partial charge is 0.368 e. The molecule has 3 rings (SSSR count). The minimum absolute atomic E-state index is 0.105. The van der Waals surface area contributed by atoms with Gasteiger partial charge in [0.15, 0.2) is 0 Å². The summed E-state index contributed by atoms with van der Waals surface area (Å²) in [5.41, 5.74) is 2.61. The average Bonchev–Trinajstić information content (AvgIpc) is 3.09. The summed E-state index contributed by atoms with van der Waals surface area (Å²) in [4.78, 5) is 8.29. The number of nitrogens with zero attached hydrogens (tertiary/aromatic N) is 1. The van der Waals surface area contributed by atoms with Crippen LogP contribution < -0.4 is 5.32 Å². The summed E-state index contributed by atoms with van der Waals surface area (Å²) in [5, 5.41) is 3.35. The van der Waals surface area contributed by atoms with E-state index in [-0.39, 0.29) is 6.10 Å². The van der Waals surface area contributed by atoms with Gasteiger partial charge in [-0.05, 0) is 18.8 Å². The van der Waals surface area contributed by atoms with Gasteiger partial charge in [-0.3, -0.25) is 0 Å². The molecule has 4 heteroatoms. The molecule has 1 saturated carbocycles. The molecular weight excluding hydrogens is 214 g/mol. The molecule has 17 heavy (non-hydrogen) atoms. The Hall–Kier alpha value is -0.870. The molecule has 2 aliphatic rings. The maximum absolute atomic E-state index is 5.76. The van der Waals surface area contributed by atoms with Crippen molar-refractivity contribution < 1.29 is 4.74 Å². The Kier molecular flexibility index (Phi) is 2.92. The molecule has 1 saturated heterocycles. The summed E-state index contributed by atoms with van der Waals surface area (Å²) < 4.78 is 5.76. The van der Waals surface area contributed by atoms with Gasteiger partial charge in [-0.25, -0.2) is 4.98 Å². The summed E-state index contributed by atoms with van der Waals surface area (Å²) in [6.45, 7) is 7.03. The van der Waals surface area contributed by atoms with Crippen LogP contribution in [0.25, 0.3) is 0 Å². The first kappa shape index (κ1) is 11.2. The number of imidazole rings is 1. The quantitative estimate of drug-likeness (QED) is 0.843. The Morgan fingerprint density at radius 3 is 2.76 bits per heavy atom. The van der Waals surface area contributed by atoms with Crippen molar-refractivity contribution in [1.29, 1.82) is 0 Å². The Labute approximate surface area is 102 Å². The highest BCUT2D eigenvalue weighted by atomic mass is 16.5. The van der Waals surface area contributed by atoms with E-state index in [2.05, 4.69) is 24.1 Å². The van der Waals surface area contributed by atoms with Crippen LogP contribution in [-0.2, 0) is 4.74 Å². The highest BCUT2D eigenvalue weighted by Crippen LogP contribution is 2.42. The number of rotatable bonds is 3. The van der Waals surface area contributed by atoms with Gasteiger partial charge in [-0.15, -0.1) is 0 Å². The fourth-order valence-electron chi connectivity index (χ4n) is 2.44. The van der Waals surface area contributed by atoms with E-state index in [9.17, 15) is 0 Å². The third-order valence-corrected chi connectivity index (χ3v) is 3.54. The third-order valence-electron chi connectivity index (χ3n) is 3.54. The lowest BCUT2D eigenvalue weighted by atomic mass is 10.1. The third kappa shape index (κ3) is 2.24. The average molecular weight is 235 g/mol. The van der Waals surface area contributed by atoms with E-state index in [1.807, 2.05) is 0 Å². The van der Waals surface area contributed by atoms with Gasteiger partial charge >= 0.3 is 0 Å². The minimum atomic E-state index is 0.105. The molecule has 1 aromatic heterocycles. The first-order valence-electron chi connectivity index (χ1n) is 6.67. The number of aromatic amines is 1. The Bertz CT molecular complexity index is 370. The molecule has 0 aromatic carbocycles. The Balaban J connectivity index is 1.86. The maximum Gasteiger partial charge on any atom is 0.137 e. The van der Waals surface area contributed by atoms with Crippen LogP contribution in [0, 0.1) is 0 Å². The van der Waals surface area contributed by atoms with Gasteiger partial charge in [0.05, 0.1) is 12.3 Å². The summed E-state index contributed by atoms with van der Waals surface area (Å²) in [5.74, 6) is 2.24. The van der Waals surface area contributed by atoms with Crippen molar-refractivity contribution >= 4 is 0 Å². The lowest BCUT2D eigenvalue weighted by molar-refractivity contribution is 0.0225. The topological polar surface area (TPSA) is 49.9 Å². The Morgan fingerprint density at radius 2 is 2.18 bits per heavy atom. The van der Waals surface area contributed by atoms with Crippen molar-refractivity contribution in [2.24, 2.45) is 0 Å². The molecule has 94 valence electrons. The molecule has 2 heterocycles. The van der Waals surface area contributed by atoms with Crippen LogP contribution in [0.5, 0.6) is 0 Å². The maximum atomic E-state index is 5.76. The van der Waals surface area contributed by atoms with Gasteiger partial charge in [0.2, 0.25) is 0 Å². The fourth-order valence-corrected chi connectivity index (χ4v) is 2.44. The van der Waals surface area contributed by atoms with Gasteiger partial charge in [0.25, 0.3) is 0 Å². The van der Waals surface area contributed by atoms with Gasteiger partial charge in [0.1, 0.15) is 11.9 Å². The van der Waals surface area contributed by atoms with Crippen molar-refractivity contribution in [1.82, 2.24) is 15.3 Å². The van der Waals surface area contributed by atoms with Crippen molar-refractivity contribution in [2.45, 2.75) is 44.6 Å². The first-order chi connectivity index (χ1) is 8.25. The van der Waals surface area contributed by atoms with Crippen LogP contribution in [-0.4, -0.2) is 29.7 Å². The van der Waals surface area contributed by atoms with Crippen LogP contribution in [0.4, 0.5) is 0 Å². The van der Waals surface area contributed by atoms with Crippen molar-refractivity contribution in [2.75, 3.05) is 19.7 Å². The van der Waals surface area contributed by atoms with E-state index in [1.54, 1.807) is 0 Å². The normalized spacial score (nSPS) is 25.5. The molecule has 0 radical (unpaired) electrons. The van der Waals surface area contributed by atoms with E-state index in [1.165, 1.54) is 24.2 Å². The van der Waals surface area contributed by atoms with Crippen LogP contribution in [0.15, 0.2) is 0 Å². The van der Waals surface area contributed by atoms with Gasteiger partial charge in [-0.1, -0.05) is 13.8 Å². The molecule has 1 unspecified atom stereocenters. The molecule has 1 aliphatic carbocycles. The second kappa shape index (κ2) is 4.42. The molecule has 4 nitrogen and oxygen atoms in total. The Morgan fingerprint density at radius 1 is 1.35 bits per heavy atom. The second-order valence-corrected chi connectivity index (χ2v) is 5.41. The molecule has 1 aromatic rings. The zero-order valence-corrected chi connectivity index (χ0v) is 10.6. The van der Waals surface area contributed by atoms with E-state index >= 15 is 0 Å². The smallest absolute Gasteiger partial charge is 0.137 e. The number of ether oxygens (including phenoxy) is 1. The van der Waals surface area contributed by atoms with E-state index in [4.69, 9.17) is 9.72 Å². The number of nitrogens with one attached hydrogen (secondary N) is 2. The molecule has 0 amide bonds. The monoisotopic (exact) mass is 235 g/mol. The van der Waals surface area contributed by atoms with Gasteiger partial charge in [0, 0.05) is 24.7 Å². The summed E-state index contributed by atoms with van der Waals surface area (Å²) in [6, 6.07) is 0. The predicted octanol–water partition coefficient (Wildman–Crippen LogP) is 2.07. The summed E-state index contributed by atoms with van der Waals surface area (Å²) in [6.07, 6.45) is 2.73. The number of H-pyrrole nitrogens is 1. The molecule has 1 aliphatic heterocycles. The second-order valence-electron chi connectivity index (χ2n) is 5.41.